The van der Waals surface area contributed by atoms with Gasteiger partial charge in [-0.05, 0) is 30.3 Å². The summed E-state index contributed by atoms with van der Waals surface area (Å²) < 4.78 is 37.4. The van der Waals surface area contributed by atoms with Gasteiger partial charge in [0.2, 0.25) is 10.0 Å². The van der Waals surface area contributed by atoms with E-state index >= 15 is 0 Å². The smallest absolute Gasteiger partial charge is 0.338 e. The van der Waals surface area contributed by atoms with Crippen molar-refractivity contribution < 1.29 is 27.8 Å². The zero-order valence-corrected chi connectivity index (χ0v) is 19.3. The van der Waals surface area contributed by atoms with Crippen LogP contribution in [0.1, 0.15) is 16.2 Å². The molecule has 3 aromatic rings. The number of imidazole rings is 1. The van der Waals surface area contributed by atoms with Crippen molar-refractivity contribution in [2.24, 2.45) is 0 Å². The number of aromatic nitrogens is 2. The number of rotatable bonds is 6. The first-order valence-electron chi connectivity index (χ1n) is 10.1. The molecule has 1 fully saturated rings. The van der Waals surface area contributed by atoms with Crippen LogP contribution in [0.3, 0.4) is 0 Å². The number of aliphatic hydroxyl groups excluding tert-OH is 1. The molecule has 1 aliphatic heterocycles. The van der Waals surface area contributed by atoms with Crippen LogP contribution in [0.5, 0.6) is 0 Å². The number of nitrogens with one attached hydrogen (secondary N) is 1. The number of carbonyl (C=O) groups is 1. The van der Waals surface area contributed by atoms with Crippen molar-refractivity contribution in [1.29, 1.82) is 5.26 Å². The molecule has 12 heteroatoms. The quantitative estimate of drug-likeness (QED) is 0.297. The van der Waals surface area contributed by atoms with E-state index in [-0.39, 0.29) is 53.2 Å². The SMILES string of the molecule is N#C/C(=C(\O)COC(=O)c1ccc(Cl)c(S(=O)(=O)N2CCOCC2)c1)c1nc2ccccc2[nH]1. The Hall–Kier alpha value is -3.43. The minimum atomic E-state index is -3.95. The van der Waals surface area contributed by atoms with E-state index in [1.54, 1.807) is 24.3 Å². The molecule has 1 saturated heterocycles. The van der Waals surface area contributed by atoms with E-state index in [0.29, 0.717) is 11.0 Å². The minimum Gasteiger partial charge on any atom is -0.507 e. The number of para-hydroxylation sites is 2. The molecule has 2 aromatic carbocycles. The number of H-pyrrole nitrogens is 1. The van der Waals surface area contributed by atoms with Gasteiger partial charge in [-0.3, -0.25) is 0 Å². The van der Waals surface area contributed by atoms with Crippen LogP contribution in [-0.4, -0.2) is 66.7 Å². The fourth-order valence-corrected chi connectivity index (χ4v) is 5.28. The van der Waals surface area contributed by atoms with Crippen molar-refractivity contribution in [3.8, 4) is 6.07 Å². The second kappa shape index (κ2) is 9.82. The lowest BCUT2D eigenvalue weighted by molar-refractivity contribution is 0.0502. The minimum absolute atomic E-state index is 0.0394. The fourth-order valence-electron chi connectivity index (χ4n) is 3.37. The molecule has 176 valence electrons. The Kier molecular flexibility index (Phi) is 6.85. The molecule has 1 aliphatic rings. The maximum Gasteiger partial charge on any atom is 0.338 e. The summed E-state index contributed by atoms with van der Waals surface area (Å²) in [6.07, 6.45) is 0. The number of esters is 1. The van der Waals surface area contributed by atoms with Crippen LogP contribution >= 0.6 is 11.6 Å². The van der Waals surface area contributed by atoms with E-state index in [9.17, 15) is 23.6 Å². The normalized spacial score (nSPS) is 15.5. The summed E-state index contributed by atoms with van der Waals surface area (Å²) in [5, 5.41) is 19.8. The molecule has 0 aliphatic carbocycles. The van der Waals surface area contributed by atoms with Crippen molar-refractivity contribution in [1.82, 2.24) is 14.3 Å². The monoisotopic (exact) mass is 502 g/mol. The summed E-state index contributed by atoms with van der Waals surface area (Å²) >= 11 is 6.11. The molecule has 1 aromatic heterocycles. The second-order valence-corrected chi connectivity index (χ2v) is 9.59. The second-order valence-electron chi connectivity index (χ2n) is 7.27. The molecule has 2 heterocycles. The van der Waals surface area contributed by atoms with Crippen LogP contribution in [0.15, 0.2) is 53.1 Å². The third kappa shape index (κ3) is 4.76. The van der Waals surface area contributed by atoms with Gasteiger partial charge in [-0.1, -0.05) is 23.7 Å². The van der Waals surface area contributed by atoms with Gasteiger partial charge in [-0.15, -0.1) is 0 Å². The third-order valence-corrected chi connectivity index (χ3v) is 7.50. The number of morpholine rings is 1. The number of hydrogen-bond acceptors (Lipinski definition) is 8. The molecule has 0 saturated carbocycles. The van der Waals surface area contributed by atoms with E-state index in [1.807, 2.05) is 6.07 Å². The largest absolute Gasteiger partial charge is 0.507 e. The molecule has 0 atom stereocenters. The first-order chi connectivity index (χ1) is 16.3. The number of ether oxygens (including phenoxy) is 2. The zero-order valence-electron chi connectivity index (χ0n) is 17.7. The van der Waals surface area contributed by atoms with Gasteiger partial charge in [0, 0.05) is 13.1 Å². The molecule has 10 nitrogen and oxygen atoms in total. The van der Waals surface area contributed by atoms with E-state index < -0.39 is 28.4 Å². The summed E-state index contributed by atoms with van der Waals surface area (Å²) in [5.74, 6) is -1.28. The van der Waals surface area contributed by atoms with Gasteiger partial charge in [0.05, 0.1) is 34.8 Å². The standard InChI is InChI=1S/C22H19ClN4O6S/c23-16-6-5-14(11-20(16)34(30,31)27-7-9-32-10-8-27)22(29)33-13-19(28)15(12-24)21-25-17-3-1-2-4-18(17)26-21/h1-6,11,28H,7-10,13H2,(H,25,26)/b19-15+. The first-order valence-corrected chi connectivity index (χ1v) is 11.9. The molecule has 4 rings (SSSR count). The number of hydrogen-bond donors (Lipinski definition) is 2. The molecular formula is C22H19ClN4O6S. The number of halogens is 1. The van der Waals surface area contributed by atoms with Crippen molar-refractivity contribution in [3.63, 3.8) is 0 Å². The van der Waals surface area contributed by atoms with Crippen molar-refractivity contribution in [2.75, 3.05) is 32.9 Å². The molecule has 0 spiro atoms. The average Bonchev–Trinajstić information content (AvgIpc) is 3.27. The number of aromatic amines is 1. The van der Waals surface area contributed by atoms with Crippen LogP contribution in [0.25, 0.3) is 16.6 Å². The van der Waals surface area contributed by atoms with Crippen molar-refractivity contribution >= 4 is 44.2 Å². The number of nitrogens with zero attached hydrogens (tertiary/aromatic N) is 3. The lowest BCUT2D eigenvalue weighted by Crippen LogP contribution is -2.40. The van der Waals surface area contributed by atoms with Gasteiger partial charge in [0.15, 0.2) is 11.6 Å². The zero-order chi connectivity index (χ0) is 24.3. The van der Waals surface area contributed by atoms with Gasteiger partial charge < -0.3 is 19.6 Å². The highest BCUT2D eigenvalue weighted by Crippen LogP contribution is 2.27. The van der Waals surface area contributed by atoms with E-state index in [4.69, 9.17) is 21.1 Å². The van der Waals surface area contributed by atoms with Gasteiger partial charge in [-0.25, -0.2) is 18.2 Å². The fraction of sp³-hybridized carbons (Fsp3) is 0.227. The molecule has 0 radical (unpaired) electrons. The van der Waals surface area contributed by atoms with Gasteiger partial charge in [0.25, 0.3) is 0 Å². The molecule has 2 N–H and O–H groups in total. The van der Waals surface area contributed by atoms with Gasteiger partial charge >= 0.3 is 5.97 Å². The summed E-state index contributed by atoms with van der Waals surface area (Å²) in [6.45, 7) is 0.246. The predicted molar refractivity (Wildman–Crippen MR) is 123 cm³/mol. The Morgan fingerprint density at radius 3 is 2.71 bits per heavy atom. The summed E-state index contributed by atoms with van der Waals surface area (Å²) in [6, 6.07) is 12.7. The topological polar surface area (TPSA) is 146 Å². The Labute approximate surface area is 200 Å². The molecular weight excluding hydrogens is 484 g/mol. The van der Waals surface area contributed by atoms with Crippen LogP contribution in [0.4, 0.5) is 0 Å². The van der Waals surface area contributed by atoms with Crippen LogP contribution < -0.4 is 0 Å². The Balaban J connectivity index is 1.53. The van der Waals surface area contributed by atoms with Crippen molar-refractivity contribution in [3.05, 3.63) is 64.6 Å². The first kappa shape index (κ1) is 23.7. The van der Waals surface area contributed by atoms with Crippen LogP contribution in [-0.2, 0) is 19.5 Å². The Bertz CT molecular complexity index is 1390. The van der Waals surface area contributed by atoms with Gasteiger partial charge in [0.1, 0.15) is 23.1 Å². The average molecular weight is 503 g/mol. The highest BCUT2D eigenvalue weighted by Gasteiger charge is 2.29. The number of sulfonamides is 1. The third-order valence-electron chi connectivity index (χ3n) is 5.12. The maximum absolute atomic E-state index is 12.9. The lowest BCUT2D eigenvalue weighted by atomic mass is 10.2. The predicted octanol–water partition coefficient (Wildman–Crippen LogP) is 2.89. The number of aliphatic hydroxyl groups is 1. The maximum atomic E-state index is 12.9. The molecule has 0 bridgehead atoms. The number of benzene rings is 2. The number of nitriles is 1. The summed E-state index contributed by atoms with van der Waals surface area (Å²) in [4.78, 5) is 19.5. The highest BCUT2D eigenvalue weighted by molar-refractivity contribution is 7.89. The van der Waals surface area contributed by atoms with E-state index in [2.05, 4.69) is 9.97 Å². The number of allylic oxidation sites excluding steroid dienone is 1. The lowest BCUT2D eigenvalue weighted by Gasteiger charge is -2.26. The highest BCUT2D eigenvalue weighted by atomic mass is 35.5. The summed E-state index contributed by atoms with van der Waals surface area (Å²) in [5.41, 5.74) is 1.01. The summed E-state index contributed by atoms with van der Waals surface area (Å²) in [7, 11) is -3.95. The van der Waals surface area contributed by atoms with E-state index in [1.165, 1.54) is 16.4 Å². The van der Waals surface area contributed by atoms with Gasteiger partial charge in [-0.2, -0.15) is 9.57 Å². The Morgan fingerprint density at radius 1 is 1.26 bits per heavy atom. The van der Waals surface area contributed by atoms with Crippen LogP contribution in [0, 0.1) is 11.3 Å². The molecule has 0 amide bonds. The Morgan fingerprint density at radius 2 is 2.00 bits per heavy atom. The van der Waals surface area contributed by atoms with Crippen molar-refractivity contribution in [2.45, 2.75) is 4.90 Å². The molecule has 34 heavy (non-hydrogen) atoms. The number of fused-ring (bicyclic) bond motifs is 1. The van der Waals surface area contributed by atoms with E-state index in [0.717, 1.165) is 6.07 Å². The number of carbonyl (C=O) groups excluding carboxylic acids is 1. The van der Waals surface area contributed by atoms with Crippen LogP contribution in [0.2, 0.25) is 5.02 Å². The molecule has 0 unspecified atom stereocenters.